The highest BCUT2D eigenvalue weighted by Gasteiger charge is 2.18. The van der Waals surface area contributed by atoms with Crippen molar-refractivity contribution in [3.63, 3.8) is 0 Å². The summed E-state index contributed by atoms with van der Waals surface area (Å²) in [6.45, 7) is 4.94. The molecule has 6 heteroatoms. The highest BCUT2D eigenvalue weighted by atomic mass is 16.5. The van der Waals surface area contributed by atoms with Gasteiger partial charge in [-0.2, -0.15) is 0 Å². The first-order valence-electron chi connectivity index (χ1n) is 44.4. The van der Waals surface area contributed by atoms with Crippen molar-refractivity contribution in [2.75, 3.05) is 13.2 Å². The minimum Gasteiger partial charge on any atom is -0.466 e. The Kier molecular flexibility index (Phi) is 84.3. The average Bonchev–Trinajstić information content (AvgIpc) is 3.77. The molecule has 0 heterocycles. The zero-order valence-corrected chi connectivity index (χ0v) is 65.8. The highest BCUT2D eigenvalue weighted by Crippen LogP contribution is 2.21. The summed E-state index contributed by atoms with van der Waals surface area (Å²) in [6, 6.07) is -0.627. The Morgan fingerprint density at radius 2 is 0.515 bits per heavy atom. The van der Waals surface area contributed by atoms with Crippen molar-refractivity contribution in [2.45, 2.75) is 508 Å². The Hall–Kier alpha value is -2.18. The van der Waals surface area contributed by atoms with Crippen LogP contribution in [0.5, 0.6) is 0 Å². The molecule has 0 saturated heterocycles. The van der Waals surface area contributed by atoms with Crippen LogP contribution < -0.4 is 5.32 Å². The number of esters is 1. The van der Waals surface area contributed by atoms with Crippen molar-refractivity contribution in [1.82, 2.24) is 5.32 Å². The number of hydrogen-bond acceptors (Lipinski definition) is 5. The zero-order valence-electron chi connectivity index (χ0n) is 65.8. The average molecular weight is 1360 g/mol. The van der Waals surface area contributed by atoms with Gasteiger partial charge in [0, 0.05) is 12.8 Å². The Morgan fingerprint density at radius 3 is 0.814 bits per heavy atom. The van der Waals surface area contributed by atoms with E-state index in [1.54, 1.807) is 6.08 Å². The molecule has 0 bridgehead atoms. The van der Waals surface area contributed by atoms with Gasteiger partial charge in [0.2, 0.25) is 5.91 Å². The Bertz CT molecular complexity index is 1620. The maximum Gasteiger partial charge on any atom is 0.305 e. The van der Waals surface area contributed by atoms with Gasteiger partial charge >= 0.3 is 5.97 Å². The molecule has 0 aliphatic carbocycles. The number of hydrogen-bond donors (Lipinski definition) is 3. The number of rotatable bonds is 84. The summed E-state index contributed by atoms with van der Waals surface area (Å²) >= 11 is 0. The molecule has 2 atom stereocenters. The van der Waals surface area contributed by atoms with Crippen LogP contribution in [0.4, 0.5) is 0 Å². The van der Waals surface area contributed by atoms with E-state index >= 15 is 0 Å². The summed E-state index contributed by atoms with van der Waals surface area (Å²) in [7, 11) is 0. The number of aliphatic hydroxyl groups excluding tert-OH is 2. The lowest BCUT2D eigenvalue weighted by molar-refractivity contribution is -0.143. The number of unbranched alkanes of at least 4 members (excludes halogenated alkanes) is 67. The second-order valence-electron chi connectivity index (χ2n) is 30.6. The molecule has 0 aromatic rings. The van der Waals surface area contributed by atoms with Crippen LogP contribution in [0.25, 0.3) is 0 Å². The molecule has 0 aliphatic heterocycles. The molecular weight excluding hydrogens is 1190 g/mol. The minimum atomic E-state index is -0.844. The van der Waals surface area contributed by atoms with Crippen LogP contribution in [0.15, 0.2) is 48.6 Å². The number of allylic oxidation sites excluding steroid dienone is 7. The molecule has 0 rings (SSSR count). The van der Waals surface area contributed by atoms with Crippen LogP contribution in [0.1, 0.15) is 495 Å². The van der Waals surface area contributed by atoms with Gasteiger partial charge in [0.05, 0.1) is 25.4 Å². The van der Waals surface area contributed by atoms with Gasteiger partial charge in [-0.3, -0.25) is 9.59 Å². The van der Waals surface area contributed by atoms with Crippen LogP contribution in [0, 0.1) is 0 Å². The molecule has 0 radical (unpaired) electrons. The van der Waals surface area contributed by atoms with E-state index in [1.165, 1.54) is 417 Å². The van der Waals surface area contributed by atoms with E-state index in [4.69, 9.17) is 4.74 Å². The third-order valence-electron chi connectivity index (χ3n) is 20.8. The lowest BCUT2D eigenvalue weighted by Crippen LogP contribution is -2.45. The van der Waals surface area contributed by atoms with Crippen molar-refractivity contribution in [3.8, 4) is 0 Å². The summed E-state index contributed by atoms with van der Waals surface area (Å²) in [5.41, 5.74) is 0. The number of nitrogens with one attached hydrogen (secondary N) is 1. The standard InChI is InChI=1S/C91H173NO5/c1-3-5-7-9-11-13-15-17-19-21-23-24-25-41-44-48-51-55-59-63-67-71-75-79-83-89(94)88(87-93)92-90(95)84-80-76-72-68-64-60-56-52-49-45-42-39-37-35-33-31-29-27-26-28-30-32-34-36-38-40-43-46-50-54-58-62-66-70-74-78-82-86-97-91(96)85-81-77-73-69-65-61-57-53-47-22-20-18-16-14-12-10-8-6-4-2/h12,14,18,20,26,28,79,83,88-89,93-94H,3-11,13,15-17,19,21-25,27,29-78,80-82,84-87H2,1-2H3,(H,92,95)/b14-12-,20-18-,28-26-,83-79+. The number of ether oxygens (including phenoxy) is 1. The third-order valence-corrected chi connectivity index (χ3v) is 20.8. The molecule has 1 amide bonds. The molecule has 97 heavy (non-hydrogen) atoms. The molecule has 0 fully saturated rings. The molecular formula is C91H173NO5. The molecule has 0 saturated carbocycles. The zero-order chi connectivity index (χ0) is 69.8. The van der Waals surface area contributed by atoms with Gasteiger partial charge in [0.15, 0.2) is 0 Å². The van der Waals surface area contributed by atoms with E-state index < -0.39 is 12.1 Å². The van der Waals surface area contributed by atoms with Crippen molar-refractivity contribution in [2.24, 2.45) is 0 Å². The van der Waals surface area contributed by atoms with Crippen LogP contribution in [0.3, 0.4) is 0 Å². The monoisotopic (exact) mass is 1360 g/mol. The first kappa shape index (κ1) is 94.8. The lowest BCUT2D eigenvalue weighted by atomic mass is 10.0. The van der Waals surface area contributed by atoms with Gasteiger partial charge in [-0.25, -0.2) is 0 Å². The summed E-state index contributed by atoms with van der Waals surface area (Å²) in [6.07, 6.45) is 116. The maximum atomic E-state index is 12.6. The van der Waals surface area contributed by atoms with E-state index in [2.05, 4.69) is 55.6 Å². The molecule has 572 valence electrons. The number of carbonyl (C=O) groups is 2. The van der Waals surface area contributed by atoms with Gasteiger partial charge in [-0.15, -0.1) is 0 Å². The Labute approximate surface area is 607 Å². The first-order valence-corrected chi connectivity index (χ1v) is 44.4. The molecule has 3 N–H and O–H groups in total. The van der Waals surface area contributed by atoms with Crippen LogP contribution in [0.2, 0.25) is 0 Å². The van der Waals surface area contributed by atoms with E-state index in [-0.39, 0.29) is 18.5 Å². The largest absolute Gasteiger partial charge is 0.466 e. The van der Waals surface area contributed by atoms with Crippen molar-refractivity contribution in [3.05, 3.63) is 48.6 Å². The summed E-state index contributed by atoms with van der Waals surface area (Å²) in [5, 5.41) is 23.3. The predicted octanol–water partition coefficient (Wildman–Crippen LogP) is 29.9. The van der Waals surface area contributed by atoms with Crippen molar-refractivity contribution >= 4 is 11.9 Å². The molecule has 0 aromatic carbocycles. The summed E-state index contributed by atoms with van der Waals surface area (Å²) < 4.78 is 5.52. The minimum absolute atomic E-state index is 0.0183. The van der Waals surface area contributed by atoms with E-state index in [1.807, 2.05) is 6.08 Å². The van der Waals surface area contributed by atoms with Crippen LogP contribution >= 0.6 is 0 Å². The SMILES string of the molecule is CCCCC/C=C\C/C=C\CCCCCCCCCCCC(=O)OCCCCCCCCCCCCCCCCCC/C=C\CCCCCCCCCCCCCCCCCCCC(=O)NC(CO)C(O)/C=C/CCCCCCCCCCCCCCCCCCCCCCCC. The number of amides is 1. The van der Waals surface area contributed by atoms with Crippen LogP contribution in [-0.2, 0) is 14.3 Å². The second-order valence-corrected chi connectivity index (χ2v) is 30.6. The highest BCUT2D eigenvalue weighted by molar-refractivity contribution is 5.76. The molecule has 0 aliphatic rings. The maximum absolute atomic E-state index is 12.6. The number of aliphatic hydroxyl groups is 2. The van der Waals surface area contributed by atoms with Gasteiger partial charge in [0.1, 0.15) is 0 Å². The van der Waals surface area contributed by atoms with Crippen molar-refractivity contribution in [1.29, 1.82) is 0 Å². The second kappa shape index (κ2) is 86.2. The third kappa shape index (κ3) is 82.7. The normalized spacial score (nSPS) is 12.7. The predicted molar refractivity (Wildman–Crippen MR) is 430 cm³/mol. The topological polar surface area (TPSA) is 95.9 Å². The fourth-order valence-electron chi connectivity index (χ4n) is 14.1. The van der Waals surface area contributed by atoms with E-state index in [9.17, 15) is 19.8 Å². The molecule has 2 unspecified atom stereocenters. The molecule has 0 spiro atoms. The molecule has 0 aromatic heterocycles. The smallest absolute Gasteiger partial charge is 0.305 e. The number of carbonyl (C=O) groups excluding carboxylic acids is 2. The van der Waals surface area contributed by atoms with E-state index in [0.717, 1.165) is 51.4 Å². The lowest BCUT2D eigenvalue weighted by Gasteiger charge is -2.20. The van der Waals surface area contributed by atoms with E-state index in [0.29, 0.717) is 19.4 Å². The summed E-state index contributed by atoms with van der Waals surface area (Å²) in [4.78, 5) is 24.7. The van der Waals surface area contributed by atoms with Crippen LogP contribution in [-0.4, -0.2) is 47.4 Å². The van der Waals surface area contributed by atoms with Gasteiger partial charge in [-0.05, 0) is 89.9 Å². The quantitative estimate of drug-likeness (QED) is 0.0320. The van der Waals surface area contributed by atoms with Gasteiger partial charge in [-0.1, -0.05) is 441 Å². The van der Waals surface area contributed by atoms with Crippen molar-refractivity contribution < 1.29 is 24.5 Å². The fraction of sp³-hybridized carbons (Fsp3) is 0.890. The Morgan fingerprint density at radius 1 is 0.289 bits per heavy atom. The first-order chi connectivity index (χ1) is 48.0. The fourth-order valence-corrected chi connectivity index (χ4v) is 14.1. The van der Waals surface area contributed by atoms with Gasteiger partial charge < -0.3 is 20.3 Å². The Balaban J connectivity index is 3.35. The molecule has 6 nitrogen and oxygen atoms in total. The summed E-state index contributed by atoms with van der Waals surface area (Å²) in [5.74, 6) is -0.0404. The van der Waals surface area contributed by atoms with Gasteiger partial charge in [0.25, 0.3) is 0 Å².